The molecule has 0 aromatic heterocycles. The summed E-state index contributed by atoms with van der Waals surface area (Å²) < 4.78 is 10.6. The number of ether oxygens (including phenoxy) is 2. The molecule has 192 valence electrons. The molecule has 9 heteroatoms. The third-order valence-electron chi connectivity index (χ3n) is 5.88. The fourth-order valence-electron chi connectivity index (χ4n) is 4.02. The van der Waals surface area contributed by atoms with Crippen LogP contribution in [0.15, 0.2) is 89.5 Å². The summed E-state index contributed by atoms with van der Waals surface area (Å²) in [4.78, 5) is 38.1. The van der Waals surface area contributed by atoms with Crippen LogP contribution < -0.4 is 15.4 Å². The molecule has 1 aliphatic heterocycles. The first-order chi connectivity index (χ1) is 18.4. The van der Waals surface area contributed by atoms with Crippen molar-refractivity contribution in [3.05, 3.63) is 101 Å². The summed E-state index contributed by atoms with van der Waals surface area (Å²) >= 11 is 1.03. The Morgan fingerprint density at radius 1 is 1.00 bits per heavy atom. The number of nitriles is 1. The summed E-state index contributed by atoms with van der Waals surface area (Å²) in [7, 11) is 1.20. The lowest BCUT2D eigenvalue weighted by Crippen LogP contribution is -2.44. The van der Waals surface area contributed by atoms with Crippen molar-refractivity contribution in [2.75, 3.05) is 18.2 Å². The molecule has 1 aliphatic rings. The van der Waals surface area contributed by atoms with Crippen LogP contribution in [0.3, 0.4) is 0 Å². The van der Waals surface area contributed by atoms with Crippen LogP contribution in [-0.2, 0) is 19.1 Å². The second-order valence-corrected chi connectivity index (χ2v) is 9.49. The number of thioether (sulfide) groups is 1. The van der Waals surface area contributed by atoms with Gasteiger partial charge in [-0.05, 0) is 48.9 Å². The van der Waals surface area contributed by atoms with E-state index in [1.165, 1.54) is 7.11 Å². The number of nitrogens with zero attached hydrogens (tertiary/aromatic N) is 1. The summed E-state index contributed by atoms with van der Waals surface area (Å²) in [6, 6.07) is 25.7. The fraction of sp³-hybridized carbons (Fsp3) is 0.172. The van der Waals surface area contributed by atoms with Crippen LogP contribution >= 0.6 is 11.8 Å². The van der Waals surface area contributed by atoms with Gasteiger partial charge in [0.25, 0.3) is 0 Å². The number of amides is 2. The molecule has 0 saturated carbocycles. The molecule has 0 radical (unpaired) electrons. The molecule has 2 N–H and O–H groups in total. The lowest BCUT2D eigenvalue weighted by atomic mass is 9.78. The maximum absolute atomic E-state index is 12.9. The zero-order valence-electron chi connectivity index (χ0n) is 20.8. The summed E-state index contributed by atoms with van der Waals surface area (Å²) in [6.07, 6.45) is 0. The molecule has 0 unspecified atom stereocenters. The monoisotopic (exact) mass is 527 g/mol. The smallest absolute Gasteiger partial charge is 0.319 e. The van der Waals surface area contributed by atoms with E-state index in [4.69, 9.17) is 9.47 Å². The quantitative estimate of drug-likeness (QED) is 0.316. The maximum Gasteiger partial charge on any atom is 0.319 e. The van der Waals surface area contributed by atoms with Crippen LogP contribution in [0, 0.1) is 24.2 Å². The van der Waals surface area contributed by atoms with E-state index in [2.05, 4.69) is 16.7 Å². The largest absolute Gasteiger partial charge is 0.468 e. The number of aryl methyl sites for hydroxylation is 1. The molecule has 2 amide bonds. The van der Waals surface area contributed by atoms with Gasteiger partial charge in [0, 0.05) is 11.6 Å². The van der Waals surface area contributed by atoms with Crippen molar-refractivity contribution in [2.24, 2.45) is 5.92 Å². The number of allylic oxidation sites excluding steroid dienone is 1. The number of benzene rings is 3. The maximum atomic E-state index is 12.9. The molecule has 2 atom stereocenters. The normalized spacial score (nSPS) is 16.7. The number of methoxy groups -OCH3 is 1. The van der Waals surface area contributed by atoms with Gasteiger partial charge < -0.3 is 20.1 Å². The topological polar surface area (TPSA) is 118 Å². The molecule has 3 aromatic rings. The Bertz CT molecular complexity index is 1400. The van der Waals surface area contributed by atoms with Crippen molar-refractivity contribution in [1.29, 1.82) is 5.26 Å². The Labute approximate surface area is 224 Å². The van der Waals surface area contributed by atoms with Gasteiger partial charge in [0.1, 0.15) is 17.4 Å². The van der Waals surface area contributed by atoms with Gasteiger partial charge in [0.15, 0.2) is 0 Å². The van der Waals surface area contributed by atoms with E-state index in [1.807, 2.05) is 49.4 Å². The van der Waals surface area contributed by atoms with Crippen LogP contribution in [0.2, 0.25) is 0 Å². The average molecular weight is 528 g/mol. The first-order valence-corrected chi connectivity index (χ1v) is 12.7. The zero-order chi connectivity index (χ0) is 27.1. The number of hydrogen-bond donors (Lipinski definition) is 2. The van der Waals surface area contributed by atoms with Crippen molar-refractivity contribution >= 4 is 35.2 Å². The van der Waals surface area contributed by atoms with Gasteiger partial charge in [0.05, 0.1) is 29.5 Å². The minimum Gasteiger partial charge on any atom is -0.468 e. The molecule has 0 fully saturated rings. The summed E-state index contributed by atoms with van der Waals surface area (Å²) in [6.45, 7) is 1.92. The number of rotatable bonds is 8. The van der Waals surface area contributed by atoms with Gasteiger partial charge in [0.2, 0.25) is 11.8 Å². The molecular formula is C29H25N3O5S. The molecule has 4 rings (SSSR count). The minimum atomic E-state index is -1.22. The van der Waals surface area contributed by atoms with Gasteiger partial charge in [-0.25, -0.2) is 0 Å². The third kappa shape index (κ3) is 6.22. The summed E-state index contributed by atoms with van der Waals surface area (Å²) in [5.41, 5.74) is 2.40. The number of nitrogens with one attached hydrogen (secondary N) is 2. The third-order valence-corrected chi connectivity index (χ3v) is 6.90. The van der Waals surface area contributed by atoms with Crippen molar-refractivity contribution in [3.8, 4) is 17.6 Å². The second-order valence-electron chi connectivity index (χ2n) is 8.51. The van der Waals surface area contributed by atoms with Crippen molar-refractivity contribution in [1.82, 2.24) is 5.32 Å². The van der Waals surface area contributed by atoms with Crippen molar-refractivity contribution < 1.29 is 23.9 Å². The average Bonchev–Trinajstić information content (AvgIpc) is 2.93. The Hall–Kier alpha value is -4.55. The van der Waals surface area contributed by atoms with Gasteiger partial charge in [-0.2, -0.15) is 5.26 Å². The predicted octanol–water partition coefficient (Wildman–Crippen LogP) is 4.90. The molecule has 1 heterocycles. The lowest BCUT2D eigenvalue weighted by Gasteiger charge is -2.31. The van der Waals surface area contributed by atoms with E-state index in [0.29, 0.717) is 22.7 Å². The van der Waals surface area contributed by atoms with Gasteiger partial charge >= 0.3 is 5.97 Å². The second kappa shape index (κ2) is 12.1. The number of hydrogen-bond acceptors (Lipinski definition) is 7. The molecule has 3 aromatic carbocycles. The Kier molecular flexibility index (Phi) is 8.46. The molecule has 0 saturated heterocycles. The Balaban J connectivity index is 1.47. The Morgan fingerprint density at radius 3 is 2.29 bits per heavy atom. The molecule has 8 nitrogen and oxygen atoms in total. The fourth-order valence-corrected chi connectivity index (χ4v) is 4.87. The van der Waals surface area contributed by atoms with E-state index in [0.717, 1.165) is 17.3 Å². The first kappa shape index (κ1) is 26.5. The molecule has 0 aliphatic carbocycles. The van der Waals surface area contributed by atoms with E-state index in [1.54, 1.807) is 36.4 Å². The van der Waals surface area contributed by atoms with E-state index < -0.39 is 23.7 Å². The zero-order valence-corrected chi connectivity index (χ0v) is 21.6. The van der Waals surface area contributed by atoms with Crippen LogP contribution in [0.1, 0.15) is 17.0 Å². The predicted molar refractivity (Wildman–Crippen MR) is 144 cm³/mol. The van der Waals surface area contributed by atoms with Gasteiger partial charge in [-0.1, -0.05) is 59.8 Å². The van der Waals surface area contributed by atoms with E-state index in [9.17, 15) is 19.6 Å². The van der Waals surface area contributed by atoms with Crippen LogP contribution in [0.5, 0.6) is 11.5 Å². The van der Waals surface area contributed by atoms with Crippen molar-refractivity contribution in [2.45, 2.75) is 12.8 Å². The number of para-hydroxylation sites is 1. The molecule has 0 spiro atoms. The standard InChI is InChI=1S/C29H25N3O5S/c1-18-8-10-19(11-9-18)25-23(16-30)28(32-27(34)26(25)29(35)36-2)38-17-24(33)31-20-12-14-22(15-13-20)37-21-6-4-3-5-7-21/h3-15,25-26H,17H2,1-2H3,(H,31,33)(H,32,34)/t25-,26-/m1/s1. The SMILES string of the molecule is COC(=O)[C@H]1C(=O)NC(SCC(=O)Nc2ccc(Oc3ccccc3)cc2)=C(C#N)[C@H]1c1ccc(C)cc1. The Morgan fingerprint density at radius 2 is 1.66 bits per heavy atom. The van der Waals surface area contributed by atoms with Gasteiger partial charge in [-0.3, -0.25) is 14.4 Å². The minimum absolute atomic E-state index is 0.0629. The first-order valence-electron chi connectivity index (χ1n) is 11.7. The van der Waals surface area contributed by atoms with Crippen molar-refractivity contribution in [3.63, 3.8) is 0 Å². The summed E-state index contributed by atoms with van der Waals surface area (Å²) in [5, 5.41) is 15.7. The molecule has 0 bridgehead atoms. The summed E-state index contributed by atoms with van der Waals surface area (Å²) in [5.74, 6) is -2.42. The van der Waals surface area contributed by atoms with E-state index >= 15 is 0 Å². The number of esters is 1. The number of carbonyl (C=O) groups excluding carboxylic acids is 3. The highest BCUT2D eigenvalue weighted by molar-refractivity contribution is 8.03. The number of anilines is 1. The molecular weight excluding hydrogens is 502 g/mol. The van der Waals surface area contributed by atoms with Crippen LogP contribution in [0.4, 0.5) is 5.69 Å². The van der Waals surface area contributed by atoms with Crippen LogP contribution in [-0.4, -0.2) is 30.6 Å². The lowest BCUT2D eigenvalue weighted by molar-refractivity contribution is -0.150. The highest BCUT2D eigenvalue weighted by Gasteiger charge is 2.44. The van der Waals surface area contributed by atoms with E-state index in [-0.39, 0.29) is 22.3 Å². The molecule has 38 heavy (non-hydrogen) atoms. The number of carbonyl (C=O) groups is 3. The highest BCUT2D eigenvalue weighted by Crippen LogP contribution is 2.40. The van der Waals surface area contributed by atoms with Gasteiger partial charge in [-0.15, -0.1) is 0 Å². The van der Waals surface area contributed by atoms with Crippen LogP contribution in [0.25, 0.3) is 0 Å². The highest BCUT2D eigenvalue weighted by atomic mass is 32.2.